The Bertz CT molecular complexity index is 333. The van der Waals surface area contributed by atoms with E-state index in [0.717, 1.165) is 38.5 Å². The number of carbonyl (C=O) groups is 2. The van der Waals surface area contributed by atoms with Gasteiger partial charge in [-0.05, 0) is 32.1 Å². The maximum Gasteiger partial charge on any atom is 0.306 e. The van der Waals surface area contributed by atoms with E-state index in [2.05, 4.69) is 13.0 Å². The topological polar surface area (TPSA) is 43.4 Å². The monoisotopic (exact) mass is 294 g/mol. The first-order valence-electron chi connectivity index (χ1n) is 8.61. The van der Waals surface area contributed by atoms with Crippen LogP contribution in [0.2, 0.25) is 0 Å². The highest BCUT2D eigenvalue weighted by atomic mass is 16.5. The van der Waals surface area contributed by atoms with Crippen molar-refractivity contribution in [2.45, 2.75) is 90.1 Å². The van der Waals surface area contributed by atoms with Gasteiger partial charge in [-0.1, -0.05) is 51.2 Å². The second-order valence-electron chi connectivity index (χ2n) is 5.92. The van der Waals surface area contributed by atoms with Crippen LogP contribution in [0.25, 0.3) is 0 Å². The van der Waals surface area contributed by atoms with Crippen LogP contribution in [0.3, 0.4) is 0 Å². The second kappa shape index (κ2) is 11.5. The highest BCUT2D eigenvalue weighted by Gasteiger charge is 2.21. The summed E-state index contributed by atoms with van der Waals surface area (Å²) in [5.74, 6) is -0.154. The van der Waals surface area contributed by atoms with E-state index >= 15 is 0 Å². The zero-order valence-electron chi connectivity index (χ0n) is 13.4. The second-order valence-corrected chi connectivity index (χ2v) is 5.92. The number of hydrogen-bond donors (Lipinski definition) is 0. The van der Waals surface area contributed by atoms with Crippen LogP contribution in [0.5, 0.6) is 0 Å². The Morgan fingerprint density at radius 2 is 1.81 bits per heavy atom. The molecule has 0 N–H and O–H groups in total. The Morgan fingerprint density at radius 3 is 2.62 bits per heavy atom. The predicted molar refractivity (Wildman–Crippen MR) is 85.1 cm³/mol. The smallest absolute Gasteiger partial charge is 0.306 e. The lowest BCUT2D eigenvalue weighted by atomic mass is 10.0. The molecule has 0 radical (unpaired) electrons. The molecule has 0 aromatic heterocycles. The van der Waals surface area contributed by atoms with Crippen LogP contribution in [0.4, 0.5) is 0 Å². The maximum absolute atomic E-state index is 12.2. The number of allylic oxidation sites excluding steroid dienone is 2. The fourth-order valence-corrected chi connectivity index (χ4v) is 2.59. The SMILES string of the molecule is CCCCCC1OC(=O)CCCCCCC/C=C\CC1=O. The summed E-state index contributed by atoms with van der Waals surface area (Å²) in [5, 5.41) is 0. The zero-order valence-corrected chi connectivity index (χ0v) is 13.4. The summed E-state index contributed by atoms with van der Waals surface area (Å²) in [5.41, 5.74) is 0. The predicted octanol–water partition coefficient (Wildman–Crippen LogP) is 4.74. The summed E-state index contributed by atoms with van der Waals surface area (Å²) in [6, 6.07) is 0. The third-order valence-corrected chi connectivity index (χ3v) is 3.94. The van der Waals surface area contributed by atoms with Crippen molar-refractivity contribution in [3.05, 3.63) is 12.2 Å². The van der Waals surface area contributed by atoms with E-state index < -0.39 is 6.10 Å². The zero-order chi connectivity index (χ0) is 15.3. The van der Waals surface area contributed by atoms with Gasteiger partial charge in [0.25, 0.3) is 0 Å². The number of carbonyl (C=O) groups excluding carboxylic acids is 2. The van der Waals surface area contributed by atoms with Crippen LogP contribution in [-0.2, 0) is 14.3 Å². The lowest BCUT2D eigenvalue weighted by molar-refractivity contribution is -0.155. The fourth-order valence-electron chi connectivity index (χ4n) is 2.59. The summed E-state index contributed by atoms with van der Waals surface area (Å²) in [6.07, 6.45) is 14.7. The van der Waals surface area contributed by atoms with Gasteiger partial charge in [0.2, 0.25) is 0 Å². The van der Waals surface area contributed by atoms with Crippen LogP contribution in [0, 0.1) is 0 Å². The molecule has 0 spiro atoms. The normalized spacial score (nSPS) is 24.1. The van der Waals surface area contributed by atoms with Gasteiger partial charge >= 0.3 is 5.97 Å². The Labute approximate surface area is 129 Å². The fraction of sp³-hybridized carbons (Fsp3) is 0.778. The largest absolute Gasteiger partial charge is 0.454 e. The van der Waals surface area contributed by atoms with Crippen molar-refractivity contribution in [2.75, 3.05) is 0 Å². The van der Waals surface area contributed by atoms with Crippen LogP contribution in [0.1, 0.15) is 84.0 Å². The van der Waals surface area contributed by atoms with Gasteiger partial charge in [-0.3, -0.25) is 9.59 Å². The molecule has 1 aliphatic rings. The standard InChI is InChI=1S/C18H30O3/c1-2-3-10-14-17-16(19)13-11-8-6-4-5-7-9-12-15-18(20)21-17/h8,11,17H,2-7,9-10,12-15H2,1H3/b11-8-. The first-order chi connectivity index (χ1) is 10.2. The molecule has 1 aliphatic heterocycles. The quantitative estimate of drug-likeness (QED) is 0.427. The van der Waals surface area contributed by atoms with Gasteiger partial charge in [0.1, 0.15) is 0 Å². The van der Waals surface area contributed by atoms with E-state index in [-0.39, 0.29) is 11.8 Å². The summed E-state index contributed by atoms with van der Waals surface area (Å²) in [7, 11) is 0. The molecule has 0 fully saturated rings. The Balaban J connectivity index is 2.56. The van der Waals surface area contributed by atoms with E-state index in [9.17, 15) is 9.59 Å². The van der Waals surface area contributed by atoms with Crippen molar-refractivity contribution in [2.24, 2.45) is 0 Å². The minimum absolute atomic E-state index is 0.0489. The molecule has 120 valence electrons. The van der Waals surface area contributed by atoms with Crippen LogP contribution in [0.15, 0.2) is 12.2 Å². The molecule has 0 saturated heterocycles. The third-order valence-electron chi connectivity index (χ3n) is 3.94. The van der Waals surface area contributed by atoms with Crippen molar-refractivity contribution in [3.8, 4) is 0 Å². The number of rotatable bonds is 4. The average molecular weight is 294 g/mol. The van der Waals surface area contributed by atoms with Crippen molar-refractivity contribution in [3.63, 3.8) is 0 Å². The Hall–Kier alpha value is -1.12. The molecule has 0 saturated carbocycles. The van der Waals surface area contributed by atoms with E-state index in [1.807, 2.05) is 6.08 Å². The lowest BCUT2D eigenvalue weighted by Gasteiger charge is -2.16. The van der Waals surface area contributed by atoms with Gasteiger partial charge in [-0.25, -0.2) is 0 Å². The third kappa shape index (κ3) is 8.69. The molecule has 3 nitrogen and oxygen atoms in total. The molecule has 0 amide bonds. The number of hydrogen-bond acceptors (Lipinski definition) is 3. The molecule has 0 aliphatic carbocycles. The minimum Gasteiger partial charge on any atom is -0.454 e. The molecule has 1 rings (SSSR count). The first-order valence-corrected chi connectivity index (χ1v) is 8.61. The minimum atomic E-state index is -0.531. The highest BCUT2D eigenvalue weighted by molar-refractivity contribution is 5.86. The average Bonchev–Trinajstić information content (AvgIpc) is 2.47. The summed E-state index contributed by atoms with van der Waals surface area (Å²) in [6.45, 7) is 2.13. The Morgan fingerprint density at radius 1 is 1.05 bits per heavy atom. The van der Waals surface area contributed by atoms with Gasteiger partial charge in [0.05, 0.1) is 0 Å². The van der Waals surface area contributed by atoms with Gasteiger partial charge in [0.15, 0.2) is 11.9 Å². The molecular formula is C18H30O3. The summed E-state index contributed by atoms with van der Waals surface area (Å²) < 4.78 is 5.43. The molecule has 3 heteroatoms. The maximum atomic E-state index is 12.2. The van der Waals surface area contributed by atoms with Crippen molar-refractivity contribution >= 4 is 11.8 Å². The molecule has 1 atom stereocenters. The summed E-state index contributed by atoms with van der Waals surface area (Å²) >= 11 is 0. The van der Waals surface area contributed by atoms with Gasteiger partial charge < -0.3 is 4.74 Å². The molecule has 21 heavy (non-hydrogen) atoms. The van der Waals surface area contributed by atoms with Crippen LogP contribution < -0.4 is 0 Å². The number of unbranched alkanes of at least 4 members (excludes halogenated alkanes) is 2. The van der Waals surface area contributed by atoms with Crippen LogP contribution >= 0.6 is 0 Å². The molecule has 0 aromatic rings. The molecular weight excluding hydrogens is 264 g/mol. The number of cyclic esters (lactones) is 1. The van der Waals surface area contributed by atoms with Gasteiger partial charge in [-0.15, -0.1) is 0 Å². The number of Topliss-reactive ketones (excluding diaryl/α,β-unsaturated/α-hetero) is 1. The van der Waals surface area contributed by atoms with Crippen molar-refractivity contribution in [1.82, 2.24) is 0 Å². The van der Waals surface area contributed by atoms with Crippen molar-refractivity contribution < 1.29 is 14.3 Å². The van der Waals surface area contributed by atoms with E-state index in [1.165, 1.54) is 19.3 Å². The number of esters is 1. The molecule has 1 heterocycles. The number of ketones is 1. The van der Waals surface area contributed by atoms with Gasteiger partial charge in [-0.2, -0.15) is 0 Å². The number of ether oxygens (including phenoxy) is 1. The molecule has 1 unspecified atom stereocenters. The Kier molecular flexibility index (Phi) is 9.84. The first kappa shape index (κ1) is 17.9. The van der Waals surface area contributed by atoms with E-state index in [4.69, 9.17) is 4.74 Å². The van der Waals surface area contributed by atoms with E-state index in [0.29, 0.717) is 19.3 Å². The molecule has 0 bridgehead atoms. The van der Waals surface area contributed by atoms with Crippen molar-refractivity contribution in [1.29, 1.82) is 0 Å². The lowest BCUT2D eigenvalue weighted by Crippen LogP contribution is -2.27. The van der Waals surface area contributed by atoms with Crippen LogP contribution in [-0.4, -0.2) is 17.9 Å². The molecule has 0 aromatic carbocycles. The van der Waals surface area contributed by atoms with E-state index in [1.54, 1.807) is 0 Å². The highest BCUT2D eigenvalue weighted by Crippen LogP contribution is 2.14. The summed E-state index contributed by atoms with van der Waals surface area (Å²) in [4.78, 5) is 24.0. The van der Waals surface area contributed by atoms with Gasteiger partial charge in [0, 0.05) is 12.8 Å².